The Balaban J connectivity index is 1.46. The molecular formula is C21H21FN2O. The molecule has 0 unspecified atom stereocenters. The summed E-state index contributed by atoms with van der Waals surface area (Å²) in [6, 6.07) is 12.9. The zero-order chi connectivity index (χ0) is 17.4. The van der Waals surface area contributed by atoms with Gasteiger partial charge in [0.2, 0.25) is 5.91 Å². The van der Waals surface area contributed by atoms with Crippen LogP contribution in [0.4, 0.5) is 4.39 Å². The normalized spacial score (nSPS) is 15.3. The molecule has 1 aromatic heterocycles. The van der Waals surface area contributed by atoms with Gasteiger partial charge in [-0.3, -0.25) is 4.79 Å². The minimum absolute atomic E-state index is 0.0155. The van der Waals surface area contributed by atoms with Crippen molar-refractivity contribution in [3.8, 4) is 0 Å². The molecule has 2 N–H and O–H groups in total. The molecule has 1 fully saturated rings. The van der Waals surface area contributed by atoms with E-state index in [0.29, 0.717) is 13.0 Å². The molecule has 4 rings (SSSR count). The number of hydrogen-bond acceptors (Lipinski definition) is 1. The van der Waals surface area contributed by atoms with Crippen molar-refractivity contribution in [3.63, 3.8) is 0 Å². The number of nitrogens with one attached hydrogen (secondary N) is 2. The second-order valence-electron chi connectivity index (χ2n) is 7.12. The van der Waals surface area contributed by atoms with Gasteiger partial charge in [-0.05, 0) is 49.1 Å². The SMILES string of the molecule is Cc1cccc(CC(=O)NCC2(c3c[nH]c4cc(F)ccc34)CC2)c1. The van der Waals surface area contributed by atoms with Crippen molar-refractivity contribution in [2.75, 3.05) is 6.54 Å². The maximum Gasteiger partial charge on any atom is 0.224 e. The van der Waals surface area contributed by atoms with Gasteiger partial charge in [0.25, 0.3) is 0 Å². The lowest BCUT2D eigenvalue weighted by Crippen LogP contribution is -2.33. The number of aromatic nitrogens is 1. The molecule has 128 valence electrons. The number of carbonyl (C=O) groups is 1. The van der Waals surface area contributed by atoms with Gasteiger partial charge < -0.3 is 10.3 Å². The summed E-state index contributed by atoms with van der Waals surface area (Å²) in [5, 5.41) is 4.14. The standard InChI is InChI=1S/C21H21FN2O/c1-14-3-2-4-15(9-14)10-20(25)24-13-21(7-8-21)18-12-23-19-11-16(22)5-6-17(18)19/h2-6,9,11-12,23H,7-8,10,13H2,1H3,(H,24,25). The number of benzene rings is 2. The average Bonchev–Trinajstić information content (AvgIpc) is 3.25. The lowest BCUT2D eigenvalue weighted by molar-refractivity contribution is -0.120. The van der Waals surface area contributed by atoms with Gasteiger partial charge in [-0.1, -0.05) is 29.8 Å². The van der Waals surface area contributed by atoms with Gasteiger partial charge >= 0.3 is 0 Å². The first kappa shape index (κ1) is 15.9. The van der Waals surface area contributed by atoms with Crippen LogP contribution in [0.3, 0.4) is 0 Å². The summed E-state index contributed by atoms with van der Waals surface area (Å²) < 4.78 is 13.4. The fourth-order valence-electron chi connectivity index (χ4n) is 3.57. The third kappa shape index (κ3) is 3.16. The minimum atomic E-state index is -0.239. The van der Waals surface area contributed by atoms with E-state index < -0.39 is 0 Å². The molecule has 1 heterocycles. The van der Waals surface area contributed by atoms with Crippen molar-refractivity contribution in [1.29, 1.82) is 0 Å². The van der Waals surface area contributed by atoms with Crippen LogP contribution in [-0.2, 0) is 16.6 Å². The highest BCUT2D eigenvalue weighted by molar-refractivity contribution is 5.85. The highest BCUT2D eigenvalue weighted by atomic mass is 19.1. The first-order valence-electron chi connectivity index (χ1n) is 8.65. The molecule has 4 heteroatoms. The van der Waals surface area contributed by atoms with E-state index in [1.807, 2.05) is 43.5 Å². The maximum absolute atomic E-state index is 13.4. The Hall–Kier alpha value is -2.62. The Kier molecular flexibility index (Phi) is 3.83. The van der Waals surface area contributed by atoms with E-state index in [1.165, 1.54) is 17.7 Å². The number of hydrogen-bond donors (Lipinski definition) is 2. The number of H-pyrrole nitrogens is 1. The molecule has 0 spiro atoms. The van der Waals surface area contributed by atoms with Gasteiger partial charge in [0, 0.05) is 29.1 Å². The maximum atomic E-state index is 13.4. The molecular weight excluding hydrogens is 315 g/mol. The predicted octanol–water partition coefficient (Wildman–Crippen LogP) is 4.01. The summed E-state index contributed by atoms with van der Waals surface area (Å²) in [4.78, 5) is 15.5. The molecule has 3 nitrogen and oxygen atoms in total. The summed E-state index contributed by atoms with van der Waals surface area (Å²) in [5.74, 6) is -0.194. The van der Waals surface area contributed by atoms with Crippen molar-refractivity contribution < 1.29 is 9.18 Å². The van der Waals surface area contributed by atoms with Crippen LogP contribution in [0.15, 0.2) is 48.7 Å². The van der Waals surface area contributed by atoms with Crippen molar-refractivity contribution >= 4 is 16.8 Å². The third-order valence-corrected chi connectivity index (χ3v) is 5.14. The topological polar surface area (TPSA) is 44.9 Å². The molecule has 0 bridgehead atoms. The fraction of sp³-hybridized carbons (Fsp3) is 0.286. The van der Waals surface area contributed by atoms with Crippen LogP contribution in [0, 0.1) is 12.7 Å². The molecule has 3 aromatic rings. The van der Waals surface area contributed by atoms with Crippen molar-refractivity contribution in [1.82, 2.24) is 10.3 Å². The molecule has 1 amide bonds. The molecule has 0 radical (unpaired) electrons. The minimum Gasteiger partial charge on any atom is -0.361 e. The van der Waals surface area contributed by atoms with Gasteiger partial charge in [0.15, 0.2) is 0 Å². The summed E-state index contributed by atoms with van der Waals surface area (Å²) in [6.07, 6.45) is 4.45. The lowest BCUT2D eigenvalue weighted by Gasteiger charge is -2.16. The number of rotatable bonds is 5. The second kappa shape index (κ2) is 6.03. The molecule has 1 aliphatic carbocycles. The number of aryl methyl sites for hydroxylation is 1. The van der Waals surface area contributed by atoms with Gasteiger partial charge in [0.1, 0.15) is 5.82 Å². The Morgan fingerprint density at radius 2 is 2.08 bits per heavy atom. The van der Waals surface area contributed by atoms with Gasteiger partial charge in [-0.25, -0.2) is 4.39 Å². The summed E-state index contributed by atoms with van der Waals surface area (Å²) in [5.41, 5.74) is 4.17. The quantitative estimate of drug-likeness (QED) is 0.726. The average molecular weight is 336 g/mol. The molecule has 0 aliphatic heterocycles. The monoisotopic (exact) mass is 336 g/mol. The lowest BCUT2D eigenvalue weighted by atomic mass is 9.95. The summed E-state index contributed by atoms with van der Waals surface area (Å²) in [7, 11) is 0. The summed E-state index contributed by atoms with van der Waals surface area (Å²) >= 11 is 0. The highest BCUT2D eigenvalue weighted by Gasteiger charge is 2.45. The molecule has 0 atom stereocenters. The predicted molar refractivity (Wildman–Crippen MR) is 97.1 cm³/mol. The zero-order valence-electron chi connectivity index (χ0n) is 14.2. The number of aromatic amines is 1. The van der Waals surface area contributed by atoms with Crippen LogP contribution in [0.2, 0.25) is 0 Å². The smallest absolute Gasteiger partial charge is 0.224 e. The number of amides is 1. The first-order valence-corrected chi connectivity index (χ1v) is 8.65. The van der Waals surface area contributed by atoms with Crippen LogP contribution in [0.5, 0.6) is 0 Å². The Bertz CT molecular complexity index is 940. The number of halogens is 1. The second-order valence-corrected chi connectivity index (χ2v) is 7.12. The van der Waals surface area contributed by atoms with Crippen LogP contribution < -0.4 is 5.32 Å². The first-order chi connectivity index (χ1) is 12.1. The molecule has 2 aromatic carbocycles. The van der Waals surface area contributed by atoms with E-state index in [0.717, 1.165) is 34.9 Å². The Labute approximate surface area is 146 Å². The van der Waals surface area contributed by atoms with E-state index in [9.17, 15) is 9.18 Å². The van der Waals surface area contributed by atoms with Crippen LogP contribution in [0.1, 0.15) is 29.5 Å². The van der Waals surface area contributed by atoms with Crippen molar-refractivity contribution in [3.05, 3.63) is 71.2 Å². The van der Waals surface area contributed by atoms with Gasteiger partial charge in [-0.2, -0.15) is 0 Å². The van der Waals surface area contributed by atoms with Crippen LogP contribution >= 0.6 is 0 Å². The fourth-order valence-corrected chi connectivity index (χ4v) is 3.57. The van der Waals surface area contributed by atoms with Crippen LogP contribution in [0.25, 0.3) is 10.9 Å². The Morgan fingerprint density at radius 3 is 2.84 bits per heavy atom. The Morgan fingerprint density at radius 1 is 1.24 bits per heavy atom. The molecule has 25 heavy (non-hydrogen) atoms. The van der Waals surface area contributed by atoms with E-state index in [1.54, 1.807) is 0 Å². The van der Waals surface area contributed by atoms with E-state index in [2.05, 4.69) is 10.3 Å². The van der Waals surface area contributed by atoms with Crippen molar-refractivity contribution in [2.24, 2.45) is 0 Å². The molecule has 1 saturated carbocycles. The van der Waals surface area contributed by atoms with E-state index in [-0.39, 0.29) is 17.1 Å². The number of fused-ring (bicyclic) bond motifs is 1. The third-order valence-electron chi connectivity index (χ3n) is 5.14. The van der Waals surface area contributed by atoms with Crippen LogP contribution in [-0.4, -0.2) is 17.4 Å². The van der Waals surface area contributed by atoms with E-state index in [4.69, 9.17) is 0 Å². The molecule has 1 aliphatic rings. The van der Waals surface area contributed by atoms with E-state index >= 15 is 0 Å². The molecule has 0 saturated heterocycles. The zero-order valence-corrected chi connectivity index (χ0v) is 14.2. The van der Waals surface area contributed by atoms with Gasteiger partial charge in [-0.15, -0.1) is 0 Å². The van der Waals surface area contributed by atoms with Crippen molar-refractivity contribution in [2.45, 2.75) is 31.6 Å². The summed E-state index contributed by atoms with van der Waals surface area (Å²) in [6.45, 7) is 2.66. The highest BCUT2D eigenvalue weighted by Crippen LogP contribution is 2.50. The van der Waals surface area contributed by atoms with Gasteiger partial charge in [0.05, 0.1) is 6.42 Å². The largest absolute Gasteiger partial charge is 0.361 e. The number of carbonyl (C=O) groups excluding carboxylic acids is 1.